The van der Waals surface area contributed by atoms with Crippen molar-refractivity contribution in [2.45, 2.75) is 13.8 Å². The number of para-hydroxylation sites is 1. The smallest absolute Gasteiger partial charge is 0.273 e. The fourth-order valence-electron chi connectivity index (χ4n) is 3.71. The minimum Gasteiger partial charge on any atom is -0.497 e. The van der Waals surface area contributed by atoms with Crippen molar-refractivity contribution < 1.29 is 9.53 Å². The molecule has 0 aliphatic heterocycles. The number of methoxy groups -OCH3 is 1. The van der Waals surface area contributed by atoms with Crippen molar-refractivity contribution >= 4 is 28.8 Å². The van der Waals surface area contributed by atoms with Gasteiger partial charge < -0.3 is 4.74 Å². The predicted molar refractivity (Wildman–Crippen MR) is 133 cm³/mol. The van der Waals surface area contributed by atoms with Crippen LogP contribution in [0.5, 0.6) is 5.75 Å². The van der Waals surface area contributed by atoms with Crippen LogP contribution in [-0.2, 0) is 0 Å². The standard InChI is InChI=1S/C27H21N3O3S/c1-17-8-6-9-18(2)24(17)30-26(32)23(15-20-11-4-5-13-29-20)34-27(30)22(16-28)25(31)19-10-7-12-21(14-19)33-3/h4-15H,1-3H3/b23-15-,27-22-. The number of aromatic nitrogens is 2. The summed E-state index contributed by atoms with van der Waals surface area (Å²) in [6.07, 6.45) is 3.31. The zero-order chi connectivity index (χ0) is 24.2. The second kappa shape index (κ2) is 9.69. The molecule has 6 nitrogen and oxygen atoms in total. The predicted octanol–water partition coefficient (Wildman–Crippen LogP) is 3.31. The molecule has 0 atom stereocenters. The molecule has 2 aromatic carbocycles. The molecule has 0 saturated carbocycles. The van der Waals surface area contributed by atoms with E-state index in [-0.39, 0.29) is 15.8 Å². The summed E-state index contributed by atoms with van der Waals surface area (Å²) in [5.41, 5.74) is 2.87. The van der Waals surface area contributed by atoms with Crippen molar-refractivity contribution in [3.8, 4) is 17.5 Å². The van der Waals surface area contributed by atoms with Gasteiger partial charge in [-0.15, -0.1) is 11.3 Å². The number of aryl methyl sites for hydroxylation is 2. The quantitative estimate of drug-likeness (QED) is 0.421. The molecule has 7 heteroatoms. The van der Waals surface area contributed by atoms with Crippen LogP contribution in [0.25, 0.3) is 17.3 Å². The molecule has 0 N–H and O–H groups in total. The number of carbonyl (C=O) groups is 1. The number of rotatable bonds is 5. The fraction of sp³-hybridized carbons (Fsp3) is 0.111. The van der Waals surface area contributed by atoms with E-state index in [1.165, 1.54) is 11.7 Å². The van der Waals surface area contributed by atoms with Crippen LogP contribution in [0.1, 0.15) is 27.2 Å². The van der Waals surface area contributed by atoms with E-state index >= 15 is 0 Å². The van der Waals surface area contributed by atoms with Gasteiger partial charge in [0.1, 0.15) is 22.1 Å². The first-order valence-electron chi connectivity index (χ1n) is 10.5. The number of nitrogens with zero attached hydrogens (tertiary/aromatic N) is 3. The third-order valence-corrected chi connectivity index (χ3v) is 6.43. The van der Waals surface area contributed by atoms with E-state index < -0.39 is 5.78 Å². The number of ether oxygens (including phenoxy) is 1. The number of Topliss-reactive ketones (excluding diaryl/α,β-unsaturated/α-hetero) is 1. The molecule has 0 radical (unpaired) electrons. The molecule has 168 valence electrons. The summed E-state index contributed by atoms with van der Waals surface area (Å²) in [5.74, 6) is 0.0256. The number of thiazole rings is 1. The van der Waals surface area contributed by atoms with E-state index in [0.717, 1.165) is 22.5 Å². The zero-order valence-corrected chi connectivity index (χ0v) is 19.7. The van der Waals surface area contributed by atoms with Crippen LogP contribution in [0.15, 0.2) is 71.7 Å². The summed E-state index contributed by atoms with van der Waals surface area (Å²) >= 11 is 1.10. The largest absolute Gasteiger partial charge is 0.497 e. The molecule has 2 aromatic heterocycles. The molecule has 0 fully saturated rings. The Labute approximate surface area is 200 Å². The molecular weight excluding hydrogens is 446 g/mol. The maximum Gasteiger partial charge on any atom is 0.273 e. The number of hydrogen-bond donors (Lipinski definition) is 0. The van der Waals surface area contributed by atoms with Crippen LogP contribution in [0.2, 0.25) is 0 Å². The topological polar surface area (TPSA) is 85.0 Å². The minimum absolute atomic E-state index is 0.112. The number of ketones is 1. The highest BCUT2D eigenvalue weighted by Gasteiger charge is 2.20. The molecule has 2 heterocycles. The second-order valence-corrected chi connectivity index (χ2v) is 8.63. The normalized spacial score (nSPS) is 12.2. The Morgan fingerprint density at radius 3 is 2.47 bits per heavy atom. The van der Waals surface area contributed by atoms with Gasteiger partial charge in [-0.25, -0.2) is 0 Å². The molecular formula is C27H21N3O3S. The number of benzene rings is 2. The fourth-order valence-corrected chi connectivity index (χ4v) is 4.78. The summed E-state index contributed by atoms with van der Waals surface area (Å²) in [6.45, 7) is 3.79. The van der Waals surface area contributed by atoms with Crippen LogP contribution < -0.4 is 19.5 Å². The Kier molecular flexibility index (Phi) is 6.53. The molecule has 0 bridgehead atoms. The lowest BCUT2D eigenvalue weighted by Gasteiger charge is -2.11. The Morgan fingerprint density at radius 2 is 1.82 bits per heavy atom. The van der Waals surface area contributed by atoms with E-state index in [0.29, 0.717) is 27.2 Å². The van der Waals surface area contributed by atoms with Crippen molar-refractivity contribution in [2.75, 3.05) is 7.11 Å². The lowest BCUT2D eigenvalue weighted by atomic mass is 10.0. The molecule has 0 aliphatic rings. The molecule has 4 rings (SSSR count). The average Bonchev–Trinajstić information content (AvgIpc) is 3.15. The summed E-state index contributed by atoms with van der Waals surface area (Å²) in [7, 11) is 1.51. The number of pyridine rings is 1. The van der Waals surface area contributed by atoms with Crippen LogP contribution in [0.3, 0.4) is 0 Å². The third-order valence-electron chi connectivity index (χ3n) is 5.34. The third kappa shape index (κ3) is 4.32. The molecule has 0 unspecified atom stereocenters. The first-order chi connectivity index (χ1) is 16.4. The maximum absolute atomic E-state index is 13.6. The van der Waals surface area contributed by atoms with E-state index in [9.17, 15) is 14.9 Å². The number of carbonyl (C=O) groups excluding carboxylic acids is 1. The van der Waals surface area contributed by atoms with Crippen molar-refractivity contribution in [1.82, 2.24) is 9.55 Å². The lowest BCUT2D eigenvalue weighted by Crippen LogP contribution is -2.32. The van der Waals surface area contributed by atoms with Gasteiger partial charge in [0.15, 0.2) is 0 Å². The molecule has 34 heavy (non-hydrogen) atoms. The van der Waals surface area contributed by atoms with Crippen molar-refractivity contribution in [2.24, 2.45) is 0 Å². The molecule has 4 aromatic rings. The van der Waals surface area contributed by atoms with Crippen molar-refractivity contribution in [1.29, 1.82) is 5.26 Å². The van der Waals surface area contributed by atoms with Gasteiger partial charge in [-0.3, -0.25) is 19.1 Å². The second-order valence-electron chi connectivity index (χ2n) is 7.60. The summed E-state index contributed by atoms with van der Waals surface area (Å²) in [4.78, 5) is 31.3. The minimum atomic E-state index is -0.480. The SMILES string of the molecule is COc1cccc(C(=O)/C(C#N)=c2\s/c(=C\c3ccccn3)c(=O)n2-c2c(C)cccc2C)c1. The van der Waals surface area contributed by atoms with Crippen LogP contribution in [0.4, 0.5) is 0 Å². The van der Waals surface area contributed by atoms with Gasteiger partial charge in [0.05, 0.1) is 23.0 Å². The maximum atomic E-state index is 13.6. The van der Waals surface area contributed by atoms with Gasteiger partial charge >= 0.3 is 0 Å². The average molecular weight is 468 g/mol. The van der Waals surface area contributed by atoms with Crippen LogP contribution in [0, 0.1) is 25.2 Å². The Bertz CT molecular complexity index is 1590. The van der Waals surface area contributed by atoms with Crippen LogP contribution >= 0.6 is 11.3 Å². The van der Waals surface area contributed by atoms with E-state index in [1.807, 2.05) is 38.1 Å². The van der Waals surface area contributed by atoms with Gasteiger partial charge in [-0.05, 0) is 55.3 Å². The van der Waals surface area contributed by atoms with Gasteiger partial charge in [-0.1, -0.05) is 36.4 Å². The molecule has 0 saturated heterocycles. The monoisotopic (exact) mass is 467 g/mol. The van der Waals surface area contributed by atoms with Crippen molar-refractivity contribution in [3.05, 3.63) is 109 Å². The van der Waals surface area contributed by atoms with Gasteiger partial charge in [0.25, 0.3) is 5.56 Å². The van der Waals surface area contributed by atoms with Gasteiger partial charge in [-0.2, -0.15) is 5.26 Å². The molecule has 0 amide bonds. The number of nitriles is 1. The highest BCUT2D eigenvalue weighted by Crippen LogP contribution is 2.18. The van der Waals surface area contributed by atoms with Gasteiger partial charge in [0.2, 0.25) is 5.78 Å². The summed E-state index contributed by atoms with van der Waals surface area (Å²) < 4.78 is 7.36. The van der Waals surface area contributed by atoms with Crippen LogP contribution in [-0.4, -0.2) is 22.4 Å². The highest BCUT2D eigenvalue weighted by molar-refractivity contribution is 7.07. The molecule has 0 aliphatic carbocycles. The van der Waals surface area contributed by atoms with E-state index in [2.05, 4.69) is 11.1 Å². The highest BCUT2D eigenvalue weighted by atomic mass is 32.1. The summed E-state index contributed by atoms with van der Waals surface area (Å²) in [6, 6.07) is 19.8. The zero-order valence-electron chi connectivity index (χ0n) is 18.9. The number of hydrogen-bond acceptors (Lipinski definition) is 6. The van der Waals surface area contributed by atoms with E-state index in [1.54, 1.807) is 48.7 Å². The summed E-state index contributed by atoms with van der Waals surface area (Å²) in [5, 5.41) is 10.1. The Balaban J connectivity index is 2.10. The Morgan fingerprint density at radius 1 is 1.09 bits per heavy atom. The van der Waals surface area contributed by atoms with Crippen molar-refractivity contribution in [3.63, 3.8) is 0 Å². The first-order valence-corrected chi connectivity index (χ1v) is 11.3. The van der Waals surface area contributed by atoms with Gasteiger partial charge in [0, 0.05) is 11.8 Å². The Hall–Kier alpha value is -4.28. The lowest BCUT2D eigenvalue weighted by molar-refractivity contribution is 0.105. The van der Waals surface area contributed by atoms with E-state index in [4.69, 9.17) is 4.74 Å². The first kappa shape index (κ1) is 22.9. The molecule has 0 spiro atoms.